The lowest BCUT2D eigenvalue weighted by Gasteiger charge is -2.26. The Bertz CT molecular complexity index is 947. The fourth-order valence-corrected chi connectivity index (χ4v) is 3.54. The number of benzene rings is 2. The van der Waals surface area contributed by atoms with Gasteiger partial charge in [0, 0.05) is 19.2 Å². The first-order valence-electron chi connectivity index (χ1n) is 8.78. The molecule has 2 aromatic rings. The van der Waals surface area contributed by atoms with Crippen LogP contribution < -0.4 is 19.5 Å². The van der Waals surface area contributed by atoms with Crippen LogP contribution in [-0.4, -0.2) is 53.3 Å². The molecule has 158 valence electrons. The third-order valence-electron chi connectivity index (χ3n) is 4.49. The minimum absolute atomic E-state index is 0.114. The summed E-state index contributed by atoms with van der Waals surface area (Å²) in [4.78, 5) is 13.0. The van der Waals surface area contributed by atoms with Crippen LogP contribution >= 0.6 is 0 Å². The number of methoxy groups -OCH3 is 3. The molecule has 0 heterocycles. The van der Waals surface area contributed by atoms with Crippen molar-refractivity contribution in [2.75, 3.05) is 34.6 Å². The van der Waals surface area contributed by atoms with E-state index in [-0.39, 0.29) is 6.54 Å². The van der Waals surface area contributed by atoms with E-state index in [1.165, 1.54) is 28.4 Å². The second-order valence-corrected chi connectivity index (χ2v) is 8.35. The molecule has 0 saturated carbocycles. The van der Waals surface area contributed by atoms with Gasteiger partial charge in [-0.2, -0.15) is 4.31 Å². The van der Waals surface area contributed by atoms with Crippen molar-refractivity contribution < 1.29 is 27.4 Å². The zero-order valence-electron chi connectivity index (χ0n) is 17.1. The molecule has 1 amide bonds. The van der Waals surface area contributed by atoms with E-state index in [0.29, 0.717) is 28.4 Å². The number of hydrogen-bond donors (Lipinski definition) is 1. The van der Waals surface area contributed by atoms with Gasteiger partial charge in [0.1, 0.15) is 6.04 Å². The zero-order valence-corrected chi connectivity index (χ0v) is 17.9. The fourth-order valence-electron chi connectivity index (χ4n) is 2.93. The largest absolute Gasteiger partial charge is 0.493 e. The van der Waals surface area contributed by atoms with Gasteiger partial charge in [-0.05, 0) is 17.7 Å². The lowest BCUT2D eigenvalue weighted by atomic mass is 10.1. The van der Waals surface area contributed by atoms with Crippen molar-refractivity contribution in [3.8, 4) is 17.2 Å². The maximum Gasteiger partial charge on any atom is 0.243 e. The molecular formula is C20H26N2O6S. The molecule has 0 aliphatic carbocycles. The summed E-state index contributed by atoms with van der Waals surface area (Å²) in [5.74, 6) is 0.883. The second kappa shape index (κ2) is 9.62. The molecule has 0 radical (unpaired) electrons. The van der Waals surface area contributed by atoms with Crippen molar-refractivity contribution in [1.82, 2.24) is 9.62 Å². The van der Waals surface area contributed by atoms with E-state index in [1.54, 1.807) is 42.5 Å². The van der Waals surface area contributed by atoms with Crippen LogP contribution in [0.5, 0.6) is 17.2 Å². The molecule has 0 fully saturated rings. The number of rotatable bonds is 9. The van der Waals surface area contributed by atoms with Crippen molar-refractivity contribution in [1.29, 1.82) is 0 Å². The standard InChI is InChI=1S/C20H26N2O6S/c1-22(29(5,24)25)17(14-9-7-6-8-10-14)20(23)21-13-15-11-12-16(26-2)19(28-4)18(15)27-3/h6-12,17H,13H2,1-5H3,(H,21,23)/t17-/m1/s1. The number of amides is 1. The topological polar surface area (TPSA) is 94.2 Å². The molecule has 0 spiro atoms. The minimum Gasteiger partial charge on any atom is -0.493 e. The molecule has 29 heavy (non-hydrogen) atoms. The Hall–Kier alpha value is -2.78. The molecule has 0 unspecified atom stereocenters. The lowest BCUT2D eigenvalue weighted by molar-refractivity contribution is -0.125. The van der Waals surface area contributed by atoms with Crippen LogP contribution in [0.25, 0.3) is 0 Å². The van der Waals surface area contributed by atoms with E-state index < -0.39 is 22.0 Å². The summed E-state index contributed by atoms with van der Waals surface area (Å²) in [5, 5.41) is 2.79. The van der Waals surface area contributed by atoms with Gasteiger partial charge in [-0.25, -0.2) is 8.42 Å². The fraction of sp³-hybridized carbons (Fsp3) is 0.350. The number of hydrogen-bond acceptors (Lipinski definition) is 6. The van der Waals surface area contributed by atoms with Gasteiger partial charge >= 0.3 is 0 Å². The molecule has 8 nitrogen and oxygen atoms in total. The molecule has 9 heteroatoms. The van der Waals surface area contributed by atoms with E-state index in [4.69, 9.17) is 14.2 Å². The summed E-state index contributed by atoms with van der Waals surface area (Å²) in [5.41, 5.74) is 1.23. The molecule has 0 bridgehead atoms. The van der Waals surface area contributed by atoms with Gasteiger partial charge in [0.2, 0.25) is 21.7 Å². The third kappa shape index (κ3) is 5.18. The Labute approximate surface area is 171 Å². The Morgan fingerprint density at radius 3 is 2.14 bits per heavy atom. The molecule has 2 aromatic carbocycles. The molecule has 0 aromatic heterocycles. The average molecular weight is 423 g/mol. The van der Waals surface area contributed by atoms with Crippen molar-refractivity contribution in [3.63, 3.8) is 0 Å². The van der Waals surface area contributed by atoms with E-state index >= 15 is 0 Å². The normalized spacial score (nSPS) is 12.3. The quantitative estimate of drug-likeness (QED) is 0.664. The summed E-state index contributed by atoms with van der Waals surface area (Å²) >= 11 is 0. The Kier molecular flexibility index (Phi) is 7.46. The van der Waals surface area contributed by atoms with Crippen molar-refractivity contribution in [2.24, 2.45) is 0 Å². The molecule has 2 rings (SSSR count). The second-order valence-electron chi connectivity index (χ2n) is 6.30. The van der Waals surface area contributed by atoms with E-state index in [0.717, 1.165) is 10.6 Å². The highest BCUT2D eigenvalue weighted by atomic mass is 32.2. The predicted molar refractivity (Wildman–Crippen MR) is 110 cm³/mol. The summed E-state index contributed by atoms with van der Waals surface area (Å²) in [7, 11) is 2.29. The SMILES string of the molecule is COc1ccc(CNC(=O)[C@@H](c2ccccc2)N(C)S(C)(=O)=O)c(OC)c1OC. The number of carbonyl (C=O) groups is 1. The van der Waals surface area contributed by atoms with Gasteiger partial charge in [-0.3, -0.25) is 4.79 Å². The first kappa shape index (κ1) is 22.5. The lowest BCUT2D eigenvalue weighted by Crippen LogP contribution is -2.41. The minimum atomic E-state index is -3.60. The number of nitrogens with zero attached hydrogens (tertiary/aromatic N) is 1. The average Bonchev–Trinajstić information content (AvgIpc) is 2.71. The summed E-state index contributed by atoms with van der Waals surface area (Å²) in [6.07, 6.45) is 1.06. The zero-order chi connectivity index (χ0) is 21.6. The highest BCUT2D eigenvalue weighted by molar-refractivity contribution is 7.88. The summed E-state index contributed by atoms with van der Waals surface area (Å²) in [6.45, 7) is 0.114. The number of nitrogens with one attached hydrogen (secondary N) is 1. The molecule has 0 saturated heterocycles. The van der Waals surface area contributed by atoms with Gasteiger partial charge in [0.05, 0.1) is 27.6 Å². The van der Waals surface area contributed by atoms with E-state index in [2.05, 4.69) is 5.32 Å². The van der Waals surface area contributed by atoms with Crippen LogP contribution in [0.3, 0.4) is 0 Å². The van der Waals surface area contributed by atoms with Crippen LogP contribution in [0, 0.1) is 0 Å². The Morgan fingerprint density at radius 2 is 1.62 bits per heavy atom. The van der Waals surface area contributed by atoms with Gasteiger partial charge in [0.15, 0.2) is 11.5 Å². The van der Waals surface area contributed by atoms with Crippen LogP contribution in [0.4, 0.5) is 0 Å². The maximum atomic E-state index is 13.0. The monoisotopic (exact) mass is 422 g/mol. The predicted octanol–water partition coefficient (Wildman–Crippen LogP) is 1.96. The molecule has 0 aliphatic rings. The number of sulfonamides is 1. The highest BCUT2D eigenvalue weighted by Gasteiger charge is 2.30. The molecule has 1 atom stereocenters. The number of likely N-dealkylation sites (N-methyl/N-ethyl adjacent to an activating group) is 1. The first-order chi connectivity index (χ1) is 13.7. The summed E-state index contributed by atoms with van der Waals surface area (Å²) in [6, 6.07) is 11.2. The Balaban J connectivity index is 2.32. The Morgan fingerprint density at radius 1 is 1.00 bits per heavy atom. The smallest absolute Gasteiger partial charge is 0.243 e. The van der Waals surface area contributed by atoms with Crippen molar-refractivity contribution in [3.05, 3.63) is 53.6 Å². The molecule has 0 aliphatic heterocycles. The van der Waals surface area contributed by atoms with Crippen LogP contribution in [0.15, 0.2) is 42.5 Å². The highest BCUT2D eigenvalue weighted by Crippen LogP contribution is 2.39. The van der Waals surface area contributed by atoms with Gasteiger partial charge < -0.3 is 19.5 Å². The van der Waals surface area contributed by atoms with Crippen LogP contribution in [0.1, 0.15) is 17.2 Å². The number of ether oxygens (including phenoxy) is 3. The third-order valence-corrected chi connectivity index (χ3v) is 5.75. The van der Waals surface area contributed by atoms with Gasteiger partial charge in [-0.15, -0.1) is 0 Å². The molecule has 1 N–H and O–H groups in total. The van der Waals surface area contributed by atoms with Crippen molar-refractivity contribution >= 4 is 15.9 Å². The van der Waals surface area contributed by atoms with Crippen LogP contribution in [0.2, 0.25) is 0 Å². The first-order valence-corrected chi connectivity index (χ1v) is 10.6. The van der Waals surface area contributed by atoms with Crippen LogP contribution in [-0.2, 0) is 21.4 Å². The van der Waals surface area contributed by atoms with E-state index in [9.17, 15) is 13.2 Å². The van der Waals surface area contributed by atoms with E-state index in [1.807, 2.05) is 0 Å². The summed E-state index contributed by atoms with van der Waals surface area (Å²) < 4.78 is 41.2. The van der Waals surface area contributed by atoms with Gasteiger partial charge in [0.25, 0.3) is 0 Å². The maximum absolute atomic E-state index is 13.0. The molecular weight excluding hydrogens is 396 g/mol. The van der Waals surface area contributed by atoms with Crippen molar-refractivity contribution in [2.45, 2.75) is 12.6 Å². The number of carbonyl (C=O) groups excluding carboxylic acids is 1. The van der Waals surface area contributed by atoms with Gasteiger partial charge in [-0.1, -0.05) is 30.3 Å².